The predicted octanol–water partition coefficient (Wildman–Crippen LogP) is 2.86. The molecule has 25 heavy (non-hydrogen) atoms. The van der Waals surface area contributed by atoms with Crippen molar-refractivity contribution < 1.29 is 14.3 Å². The number of aryl methyl sites for hydroxylation is 1. The van der Waals surface area contributed by atoms with Gasteiger partial charge in [0.05, 0.1) is 18.1 Å². The Bertz CT molecular complexity index is 902. The molecule has 1 aromatic heterocycles. The zero-order valence-corrected chi connectivity index (χ0v) is 14.6. The van der Waals surface area contributed by atoms with E-state index in [1.54, 1.807) is 20.2 Å². The molecule has 130 valence electrons. The second-order valence-electron chi connectivity index (χ2n) is 5.50. The second kappa shape index (κ2) is 7.25. The van der Waals surface area contributed by atoms with Crippen LogP contribution in [0, 0.1) is 0 Å². The van der Waals surface area contributed by atoms with Gasteiger partial charge in [0.1, 0.15) is 5.82 Å². The van der Waals surface area contributed by atoms with Crippen LogP contribution in [0.2, 0.25) is 0 Å². The van der Waals surface area contributed by atoms with Crippen LogP contribution in [0.4, 0.5) is 0 Å². The molecular formula is C19H21N3O3. The number of hydrogen-bond donors (Lipinski definition) is 1. The molecule has 0 saturated heterocycles. The summed E-state index contributed by atoms with van der Waals surface area (Å²) in [6, 6.07) is 13.7. The fraction of sp³-hybridized carbons (Fsp3) is 0.263. The maximum atomic E-state index is 11.4. The van der Waals surface area contributed by atoms with E-state index in [0.717, 1.165) is 29.0 Å². The predicted molar refractivity (Wildman–Crippen MR) is 97.0 cm³/mol. The number of nitrogens with zero attached hydrogens (tertiary/aromatic N) is 2. The molecule has 3 rings (SSSR count). The van der Waals surface area contributed by atoms with Gasteiger partial charge in [0, 0.05) is 19.2 Å². The fourth-order valence-corrected chi connectivity index (χ4v) is 2.76. The van der Waals surface area contributed by atoms with E-state index >= 15 is 0 Å². The van der Waals surface area contributed by atoms with Gasteiger partial charge in [-0.2, -0.15) is 0 Å². The van der Waals surface area contributed by atoms with Gasteiger partial charge < -0.3 is 19.4 Å². The van der Waals surface area contributed by atoms with Crippen LogP contribution in [0.3, 0.4) is 0 Å². The van der Waals surface area contributed by atoms with Crippen molar-refractivity contribution in [1.82, 2.24) is 14.9 Å². The Kier molecular flexibility index (Phi) is 4.88. The van der Waals surface area contributed by atoms with Crippen molar-refractivity contribution in [2.24, 2.45) is 0 Å². The molecule has 0 fully saturated rings. The van der Waals surface area contributed by atoms with Crippen LogP contribution in [0.5, 0.6) is 11.5 Å². The number of aromatic nitrogens is 2. The molecule has 0 atom stereocenters. The molecule has 0 aliphatic carbocycles. The molecule has 0 radical (unpaired) electrons. The third-order valence-corrected chi connectivity index (χ3v) is 4.03. The van der Waals surface area contributed by atoms with E-state index < -0.39 is 0 Å². The Morgan fingerprint density at radius 1 is 1.20 bits per heavy atom. The molecule has 6 nitrogen and oxygen atoms in total. The third kappa shape index (κ3) is 3.28. The zero-order chi connectivity index (χ0) is 17.8. The van der Waals surface area contributed by atoms with Crippen molar-refractivity contribution in [2.45, 2.75) is 13.5 Å². The number of methoxy groups -OCH3 is 1. The lowest BCUT2D eigenvalue weighted by Crippen LogP contribution is -2.24. The highest BCUT2D eigenvalue weighted by Gasteiger charge is 2.14. The van der Waals surface area contributed by atoms with Crippen LogP contribution in [-0.2, 0) is 11.3 Å². The average molecular weight is 339 g/mol. The summed E-state index contributed by atoms with van der Waals surface area (Å²) in [5.41, 5.74) is 2.99. The molecule has 1 heterocycles. The molecule has 0 unspecified atom stereocenters. The number of nitrogens with one attached hydrogen (secondary N) is 1. The number of carbonyl (C=O) groups is 1. The maximum absolute atomic E-state index is 11.4. The first kappa shape index (κ1) is 16.8. The van der Waals surface area contributed by atoms with Gasteiger partial charge in [-0.15, -0.1) is 0 Å². The largest absolute Gasteiger partial charge is 0.493 e. The summed E-state index contributed by atoms with van der Waals surface area (Å²) in [6.45, 7) is 2.85. The average Bonchev–Trinajstić information content (AvgIpc) is 3.04. The van der Waals surface area contributed by atoms with Gasteiger partial charge in [-0.3, -0.25) is 4.79 Å². The van der Waals surface area contributed by atoms with E-state index in [2.05, 4.69) is 22.9 Å². The standard InChI is InChI=1S/C19H21N3O3/c1-4-22-15-8-6-5-7-14(15)21-19(22)13-9-10-16(17(11-13)24-3)25-12-18(23)20-2/h5-11H,4,12H2,1-3H3,(H,20,23). The van der Waals surface area contributed by atoms with Gasteiger partial charge in [0.25, 0.3) is 5.91 Å². The Morgan fingerprint density at radius 3 is 2.72 bits per heavy atom. The Hall–Kier alpha value is -3.02. The van der Waals surface area contributed by atoms with E-state index in [1.165, 1.54) is 0 Å². The monoisotopic (exact) mass is 339 g/mol. The first-order chi connectivity index (χ1) is 12.2. The summed E-state index contributed by atoms with van der Waals surface area (Å²) in [4.78, 5) is 16.1. The van der Waals surface area contributed by atoms with Crippen LogP contribution in [-0.4, -0.2) is 36.2 Å². The summed E-state index contributed by atoms with van der Waals surface area (Å²) in [5.74, 6) is 1.77. The lowest BCUT2D eigenvalue weighted by Gasteiger charge is -2.12. The van der Waals surface area contributed by atoms with Crippen LogP contribution in [0.1, 0.15) is 6.92 Å². The molecule has 0 bridgehead atoms. The van der Waals surface area contributed by atoms with Crippen molar-refractivity contribution in [3.05, 3.63) is 42.5 Å². The van der Waals surface area contributed by atoms with Crippen LogP contribution in [0.25, 0.3) is 22.4 Å². The van der Waals surface area contributed by atoms with E-state index in [-0.39, 0.29) is 12.5 Å². The number of carbonyl (C=O) groups excluding carboxylic acids is 1. The van der Waals surface area contributed by atoms with Crippen molar-refractivity contribution in [3.8, 4) is 22.9 Å². The third-order valence-electron chi connectivity index (χ3n) is 4.03. The minimum Gasteiger partial charge on any atom is -0.493 e. The summed E-state index contributed by atoms with van der Waals surface area (Å²) in [7, 11) is 3.15. The molecule has 0 aliphatic rings. The summed E-state index contributed by atoms with van der Waals surface area (Å²) >= 11 is 0. The van der Waals surface area contributed by atoms with Crippen LogP contribution < -0.4 is 14.8 Å². The number of ether oxygens (including phenoxy) is 2. The first-order valence-electron chi connectivity index (χ1n) is 8.15. The Labute approximate surface area is 146 Å². The molecule has 0 spiro atoms. The fourth-order valence-electron chi connectivity index (χ4n) is 2.76. The van der Waals surface area contributed by atoms with Crippen LogP contribution >= 0.6 is 0 Å². The molecule has 1 N–H and O–H groups in total. The Balaban J connectivity index is 1.99. The number of amides is 1. The first-order valence-corrected chi connectivity index (χ1v) is 8.15. The molecule has 6 heteroatoms. The number of imidazole rings is 1. The lowest BCUT2D eigenvalue weighted by atomic mass is 10.2. The van der Waals surface area contributed by atoms with Gasteiger partial charge >= 0.3 is 0 Å². The number of fused-ring (bicyclic) bond motifs is 1. The van der Waals surface area contributed by atoms with Gasteiger partial charge in [-0.25, -0.2) is 4.98 Å². The van der Waals surface area contributed by atoms with Crippen molar-refractivity contribution >= 4 is 16.9 Å². The SMILES string of the molecule is CCn1c(-c2ccc(OCC(=O)NC)c(OC)c2)nc2ccccc21. The number of likely N-dealkylation sites (N-methyl/N-ethyl adjacent to an activating group) is 1. The highest BCUT2D eigenvalue weighted by Crippen LogP contribution is 2.33. The molecule has 1 amide bonds. The highest BCUT2D eigenvalue weighted by molar-refractivity contribution is 5.81. The van der Waals surface area contributed by atoms with Gasteiger partial charge in [0.2, 0.25) is 0 Å². The highest BCUT2D eigenvalue weighted by atomic mass is 16.5. The summed E-state index contributed by atoms with van der Waals surface area (Å²) < 4.78 is 13.1. The number of hydrogen-bond acceptors (Lipinski definition) is 4. The topological polar surface area (TPSA) is 65.4 Å². The second-order valence-corrected chi connectivity index (χ2v) is 5.50. The minimum atomic E-state index is -0.195. The van der Waals surface area contributed by atoms with Crippen molar-refractivity contribution in [3.63, 3.8) is 0 Å². The van der Waals surface area contributed by atoms with Crippen molar-refractivity contribution in [2.75, 3.05) is 20.8 Å². The quantitative estimate of drug-likeness (QED) is 0.750. The zero-order valence-electron chi connectivity index (χ0n) is 14.6. The molecule has 2 aromatic carbocycles. The molecular weight excluding hydrogens is 318 g/mol. The van der Waals surface area contributed by atoms with E-state index in [4.69, 9.17) is 14.5 Å². The summed E-state index contributed by atoms with van der Waals surface area (Å²) in [5, 5.41) is 2.52. The smallest absolute Gasteiger partial charge is 0.257 e. The number of benzene rings is 2. The molecule has 0 aliphatic heterocycles. The van der Waals surface area contributed by atoms with Gasteiger partial charge in [-0.1, -0.05) is 12.1 Å². The van der Waals surface area contributed by atoms with E-state index in [9.17, 15) is 4.79 Å². The van der Waals surface area contributed by atoms with Gasteiger partial charge in [0.15, 0.2) is 18.1 Å². The van der Waals surface area contributed by atoms with E-state index in [0.29, 0.717) is 11.5 Å². The van der Waals surface area contributed by atoms with E-state index in [1.807, 2.05) is 30.3 Å². The Morgan fingerprint density at radius 2 is 2.00 bits per heavy atom. The minimum absolute atomic E-state index is 0.0559. The number of para-hydroxylation sites is 2. The number of rotatable bonds is 6. The maximum Gasteiger partial charge on any atom is 0.257 e. The van der Waals surface area contributed by atoms with Crippen molar-refractivity contribution in [1.29, 1.82) is 0 Å². The summed E-state index contributed by atoms with van der Waals surface area (Å²) in [6.07, 6.45) is 0. The normalized spacial score (nSPS) is 10.7. The molecule has 3 aromatic rings. The van der Waals surface area contributed by atoms with Crippen LogP contribution in [0.15, 0.2) is 42.5 Å². The lowest BCUT2D eigenvalue weighted by molar-refractivity contribution is -0.122. The molecule has 0 saturated carbocycles. The van der Waals surface area contributed by atoms with Gasteiger partial charge in [-0.05, 0) is 37.3 Å².